The van der Waals surface area contributed by atoms with Crippen molar-refractivity contribution in [3.8, 4) is 11.5 Å². The molecule has 3 rings (SSSR count). The number of hydrazone groups is 1. The zero-order valence-corrected chi connectivity index (χ0v) is 18.7. The van der Waals surface area contributed by atoms with Gasteiger partial charge in [-0.05, 0) is 49.4 Å². The Morgan fingerprint density at radius 2 is 1.84 bits per heavy atom. The average molecular weight is 448 g/mol. The van der Waals surface area contributed by atoms with Crippen molar-refractivity contribution >= 4 is 23.9 Å². The molecule has 2 aromatic rings. The van der Waals surface area contributed by atoms with Gasteiger partial charge in [-0.25, -0.2) is 0 Å². The zero-order chi connectivity index (χ0) is 22.6. The Morgan fingerprint density at radius 3 is 2.45 bits per heavy atom. The topological polar surface area (TPSA) is 97.4 Å². The maximum Gasteiger partial charge on any atom is 0.300 e. The summed E-state index contributed by atoms with van der Waals surface area (Å²) in [5.74, 6) is 6.55. The predicted molar refractivity (Wildman–Crippen MR) is 123 cm³/mol. The second kappa shape index (κ2) is 12.7. The number of ether oxygens (including phenoxy) is 2. The lowest BCUT2D eigenvalue weighted by Gasteiger charge is -2.30. The quantitative estimate of drug-likeness (QED) is 0.284. The van der Waals surface area contributed by atoms with Crippen LogP contribution in [0.4, 0.5) is 0 Å². The number of benzene rings is 2. The van der Waals surface area contributed by atoms with Crippen LogP contribution in [0.5, 0.6) is 11.5 Å². The smallest absolute Gasteiger partial charge is 0.300 e. The summed E-state index contributed by atoms with van der Waals surface area (Å²) in [6, 6.07) is 13.7. The van der Waals surface area contributed by atoms with Crippen molar-refractivity contribution in [1.29, 1.82) is 0 Å². The number of piperidine rings is 1. The van der Waals surface area contributed by atoms with E-state index in [-0.39, 0.29) is 0 Å². The number of carboxylic acids is 1. The first-order valence-electron chi connectivity index (χ1n) is 10.1. The molecule has 31 heavy (non-hydrogen) atoms. The lowest BCUT2D eigenvalue weighted by molar-refractivity contribution is -0.134. The number of carbonyl (C=O) groups is 1. The van der Waals surface area contributed by atoms with E-state index >= 15 is 0 Å². The van der Waals surface area contributed by atoms with Gasteiger partial charge >= 0.3 is 0 Å². The molecule has 8 heteroatoms. The Hall–Kier alpha value is -2.93. The van der Waals surface area contributed by atoms with Crippen LogP contribution in [0.2, 0.25) is 5.02 Å². The highest BCUT2D eigenvalue weighted by Crippen LogP contribution is 2.26. The second-order valence-corrected chi connectivity index (χ2v) is 7.84. The van der Waals surface area contributed by atoms with E-state index in [0.29, 0.717) is 24.2 Å². The first-order chi connectivity index (χ1) is 14.9. The molecule has 0 amide bonds. The number of aliphatic carboxylic acids is 1. The number of nitrogens with zero attached hydrogens (tertiary/aromatic N) is 2. The summed E-state index contributed by atoms with van der Waals surface area (Å²) < 4.78 is 12.0. The van der Waals surface area contributed by atoms with Crippen molar-refractivity contribution in [3.05, 3.63) is 58.6 Å². The normalized spacial score (nSPS) is 14.1. The summed E-state index contributed by atoms with van der Waals surface area (Å²) in [6.07, 6.45) is 3.86. The molecule has 0 unspecified atom stereocenters. The minimum absolute atomic E-state index is 0.434. The Labute approximate surface area is 188 Å². The first kappa shape index (κ1) is 24.3. The molecule has 1 fully saturated rings. The molecule has 0 spiro atoms. The van der Waals surface area contributed by atoms with Gasteiger partial charge in [0.05, 0.1) is 6.61 Å². The van der Waals surface area contributed by atoms with Gasteiger partial charge in [0.25, 0.3) is 5.97 Å². The fraction of sp³-hybridized carbons (Fsp3) is 0.391. The van der Waals surface area contributed by atoms with Crippen LogP contribution >= 0.6 is 11.6 Å². The fourth-order valence-electron chi connectivity index (χ4n) is 3.20. The summed E-state index contributed by atoms with van der Waals surface area (Å²) >= 11 is 6.20. The van der Waals surface area contributed by atoms with Crippen LogP contribution in [-0.2, 0) is 11.4 Å². The van der Waals surface area contributed by atoms with Crippen molar-refractivity contribution in [3.63, 3.8) is 0 Å². The van der Waals surface area contributed by atoms with Gasteiger partial charge in [-0.15, -0.1) is 0 Å². The molecular formula is C23H30ClN3O4. The largest absolute Gasteiger partial charge is 0.493 e. The molecule has 1 heterocycles. The Morgan fingerprint density at radius 1 is 1.23 bits per heavy atom. The van der Waals surface area contributed by atoms with E-state index in [0.717, 1.165) is 55.5 Å². The van der Waals surface area contributed by atoms with E-state index in [1.807, 2.05) is 49.4 Å². The Bertz CT molecular complexity index is 864. The van der Waals surface area contributed by atoms with Crippen molar-refractivity contribution < 1.29 is 19.4 Å². The maximum absolute atomic E-state index is 9.00. The number of halogens is 1. The van der Waals surface area contributed by atoms with Gasteiger partial charge in [-0.2, -0.15) is 5.10 Å². The van der Waals surface area contributed by atoms with Crippen LogP contribution in [0.15, 0.2) is 47.6 Å². The van der Waals surface area contributed by atoms with E-state index < -0.39 is 5.97 Å². The van der Waals surface area contributed by atoms with Crippen molar-refractivity contribution in [1.82, 2.24) is 4.90 Å². The number of likely N-dealkylation sites (tertiary alicyclic amines) is 1. The van der Waals surface area contributed by atoms with Crippen molar-refractivity contribution in [2.24, 2.45) is 16.9 Å². The third kappa shape index (κ3) is 9.17. The van der Waals surface area contributed by atoms with Crippen LogP contribution < -0.4 is 15.3 Å². The third-order valence-electron chi connectivity index (χ3n) is 4.74. The molecule has 168 valence electrons. The Balaban J connectivity index is 0.000000785. The van der Waals surface area contributed by atoms with Crippen LogP contribution in [0.3, 0.4) is 0 Å². The summed E-state index contributed by atoms with van der Waals surface area (Å²) in [5.41, 5.74) is 2.08. The molecule has 0 saturated carbocycles. The van der Waals surface area contributed by atoms with E-state index in [1.165, 1.54) is 0 Å². The molecule has 0 aliphatic carbocycles. The number of aryl methyl sites for hydroxylation is 1. The molecule has 2 aromatic carbocycles. The van der Waals surface area contributed by atoms with Gasteiger partial charge in [0.2, 0.25) is 0 Å². The first-order valence-corrected chi connectivity index (χ1v) is 10.5. The fourth-order valence-corrected chi connectivity index (χ4v) is 3.39. The SMILES string of the molecule is CC(=O)O.Cc1cc(OCc2ccccc2Cl)cc(OCC2CCN(C=NN)CC2)c1. The molecule has 1 aliphatic heterocycles. The summed E-state index contributed by atoms with van der Waals surface area (Å²) in [6.45, 7) is 6.20. The van der Waals surface area contributed by atoms with Crippen molar-refractivity contribution in [2.45, 2.75) is 33.3 Å². The third-order valence-corrected chi connectivity index (χ3v) is 5.11. The van der Waals surface area contributed by atoms with Crippen LogP contribution in [0.25, 0.3) is 0 Å². The van der Waals surface area contributed by atoms with Gasteiger partial charge in [-0.1, -0.05) is 29.8 Å². The lowest BCUT2D eigenvalue weighted by Crippen LogP contribution is -2.34. The standard InChI is InChI=1S/C21H26ClN3O2.C2H4O2/c1-16-10-19(26-13-17-6-8-25(9-7-17)15-24-23)12-20(11-16)27-14-18-4-2-3-5-21(18)22;1-2(3)4/h2-5,10-12,15,17H,6-9,13-14,23H2,1H3;1H3,(H,3,4). The number of nitrogens with two attached hydrogens (primary N) is 1. The molecule has 0 atom stereocenters. The molecule has 0 bridgehead atoms. The van der Waals surface area contributed by atoms with Gasteiger partial charge in [-0.3, -0.25) is 4.79 Å². The van der Waals surface area contributed by atoms with Gasteiger partial charge in [0.1, 0.15) is 24.4 Å². The molecular weight excluding hydrogens is 418 g/mol. The van der Waals surface area contributed by atoms with Crippen LogP contribution in [-0.4, -0.2) is 42.0 Å². The highest BCUT2D eigenvalue weighted by atomic mass is 35.5. The van der Waals surface area contributed by atoms with Crippen LogP contribution in [0, 0.1) is 12.8 Å². The van der Waals surface area contributed by atoms with E-state index in [2.05, 4.69) is 10.0 Å². The number of carboxylic acid groups (broad SMARTS) is 1. The number of hydrogen-bond donors (Lipinski definition) is 2. The molecule has 3 N–H and O–H groups in total. The highest BCUT2D eigenvalue weighted by Gasteiger charge is 2.18. The maximum atomic E-state index is 9.00. The second-order valence-electron chi connectivity index (χ2n) is 7.44. The molecule has 1 aliphatic rings. The molecule has 0 aromatic heterocycles. The minimum atomic E-state index is -0.833. The van der Waals surface area contributed by atoms with Crippen LogP contribution in [0.1, 0.15) is 30.9 Å². The average Bonchev–Trinajstić information content (AvgIpc) is 2.72. The number of hydrogen-bond acceptors (Lipinski definition) is 5. The van der Waals surface area contributed by atoms with Gasteiger partial charge < -0.3 is 25.3 Å². The lowest BCUT2D eigenvalue weighted by atomic mass is 9.98. The van der Waals surface area contributed by atoms with Gasteiger partial charge in [0.15, 0.2) is 0 Å². The molecule has 0 radical (unpaired) electrons. The minimum Gasteiger partial charge on any atom is -0.493 e. The van der Waals surface area contributed by atoms with E-state index in [4.69, 9.17) is 36.8 Å². The predicted octanol–water partition coefficient (Wildman–Crippen LogP) is 4.31. The van der Waals surface area contributed by atoms with Crippen molar-refractivity contribution in [2.75, 3.05) is 19.7 Å². The van der Waals surface area contributed by atoms with E-state index in [9.17, 15) is 0 Å². The molecule has 7 nitrogen and oxygen atoms in total. The highest BCUT2D eigenvalue weighted by molar-refractivity contribution is 6.31. The van der Waals surface area contributed by atoms with Gasteiger partial charge in [0, 0.05) is 36.7 Å². The Kier molecular flexibility index (Phi) is 9.97. The number of rotatable bonds is 7. The summed E-state index contributed by atoms with van der Waals surface area (Å²) in [5, 5.41) is 11.7. The van der Waals surface area contributed by atoms with E-state index in [1.54, 1.807) is 6.34 Å². The summed E-state index contributed by atoms with van der Waals surface area (Å²) in [7, 11) is 0. The zero-order valence-electron chi connectivity index (χ0n) is 18.0. The summed E-state index contributed by atoms with van der Waals surface area (Å²) in [4.78, 5) is 11.1. The molecule has 1 saturated heterocycles. The monoisotopic (exact) mass is 447 g/mol.